The lowest BCUT2D eigenvalue weighted by atomic mass is 10.1. The van der Waals surface area contributed by atoms with Gasteiger partial charge in [0.2, 0.25) is 5.91 Å². The number of amides is 1. The molecule has 2 aliphatic rings. The van der Waals surface area contributed by atoms with Gasteiger partial charge in [0.1, 0.15) is 6.04 Å². The fourth-order valence-electron chi connectivity index (χ4n) is 2.29. The Kier molecular flexibility index (Phi) is 4.15. The third-order valence-electron chi connectivity index (χ3n) is 3.29. The van der Waals surface area contributed by atoms with Crippen LogP contribution in [-0.2, 0) is 9.53 Å². The zero-order valence-electron chi connectivity index (χ0n) is 9.87. The van der Waals surface area contributed by atoms with E-state index in [9.17, 15) is 4.79 Å². The minimum absolute atomic E-state index is 0.0780. The number of ether oxygens (including phenoxy) is 1. The third-order valence-corrected chi connectivity index (χ3v) is 3.29. The van der Waals surface area contributed by atoms with Gasteiger partial charge in [0.05, 0.1) is 13.2 Å². The maximum absolute atomic E-state index is 11.8. The zero-order chi connectivity index (χ0) is 11.4. The van der Waals surface area contributed by atoms with Crippen molar-refractivity contribution in [3.63, 3.8) is 0 Å². The van der Waals surface area contributed by atoms with Gasteiger partial charge in [-0.3, -0.25) is 4.79 Å². The molecule has 92 valence electrons. The van der Waals surface area contributed by atoms with Gasteiger partial charge in [-0.05, 0) is 25.9 Å². The van der Waals surface area contributed by atoms with E-state index in [0.717, 1.165) is 26.2 Å². The predicted octanol–water partition coefficient (Wildman–Crippen LogP) is -0.957. The highest BCUT2D eigenvalue weighted by Gasteiger charge is 2.24. The van der Waals surface area contributed by atoms with Gasteiger partial charge >= 0.3 is 0 Å². The summed E-state index contributed by atoms with van der Waals surface area (Å²) in [5.74, 6) is 0.688. The molecule has 2 fully saturated rings. The Morgan fingerprint density at radius 2 is 2.50 bits per heavy atom. The smallest absolute Gasteiger partial charge is 0.239 e. The summed E-state index contributed by atoms with van der Waals surface area (Å²) in [5.41, 5.74) is 0. The van der Waals surface area contributed by atoms with Gasteiger partial charge in [0, 0.05) is 19.6 Å². The Morgan fingerprint density at radius 3 is 3.12 bits per heavy atom. The molecule has 1 amide bonds. The van der Waals surface area contributed by atoms with E-state index >= 15 is 0 Å². The van der Waals surface area contributed by atoms with Crippen LogP contribution in [0.25, 0.3) is 0 Å². The first-order valence-electron chi connectivity index (χ1n) is 6.03. The summed E-state index contributed by atoms with van der Waals surface area (Å²) in [6.07, 6.45) is 1.19. The van der Waals surface area contributed by atoms with Crippen molar-refractivity contribution in [2.24, 2.45) is 5.92 Å². The van der Waals surface area contributed by atoms with Gasteiger partial charge in [-0.2, -0.15) is 0 Å². The molecule has 0 saturated carbocycles. The molecule has 5 nitrogen and oxygen atoms in total. The SMILES string of the molecule is CN1CCC(CNC(=O)C2COCCN2)C1. The molecule has 16 heavy (non-hydrogen) atoms. The van der Waals surface area contributed by atoms with Crippen molar-refractivity contribution in [2.45, 2.75) is 12.5 Å². The highest BCUT2D eigenvalue weighted by molar-refractivity contribution is 5.81. The van der Waals surface area contributed by atoms with Crippen molar-refractivity contribution in [3.8, 4) is 0 Å². The second-order valence-electron chi connectivity index (χ2n) is 4.74. The van der Waals surface area contributed by atoms with E-state index < -0.39 is 0 Å². The van der Waals surface area contributed by atoms with Crippen LogP contribution in [0.5, 0.6) is 0 Å². The van der Waals surface area contributed by atoms with E-state index in [1.807, 2.05) is 0 Å². The Labute approximate surface area is 96.5 Å². The molecular formula is C11H21N3O2. The highest BCUT2D eigenvalue weighted by Crippen LogP contribution is 2.12. The summed E-state index contributed by atoms with van der Waals surface area (Å²) in [4.78, 5) is 14.1. The van der Waals surface area contributed by atoms with E-state index in [1.54, 1.807) is 0 Å². The summed E-state index contributed by atoms with van der Waals surface area (Å²) in [6.45, 7) is 5.00. The van der Waals surface area contributed by atoms with Crippen LogP contribution in [0.2, 0.25) is 0 Å². The minimum atomic E-state index is -0.159. The van der Waals surface area contributed by atoms with Crippen molar-refractivity contribution in [2.75, 3.05) is 46.4 Å². The van der Waals surface area contributed by atoms with Gasteiger partial charge in [-0.15, -0.1) is 0 Å². The topological polar surface area (TPSA) is 53.6 Å². The summed E-state index contributed by atoms with van der Waals surface area (Å²) >= 11 is 0. The molecule has 0 bridgehead atoms. The first-order valence-corrected chi connectivity index (χ1v) is 6.03. The average Bonchev–Trinajstić information content (AvgIpc) is 2.73. The van der Waals surface area contributed by atoms with Crippen LogP contribution in [-0.4, -0.2) is 63.3 Å². The Balaban J connectivity index is 1.66. The van der Waals surface area contributed by atoms with E-state index in [4.69, 9.17) is 4.74 Å². The summed E-state index contributed by atoms with van der Waals surface area (Å²) in [6, 6.07) is -0.159. The molecule has 0 spiro atoms. The molecule has 0 aromatic rings. The summed E-state index contributed by atoms with van der Waals surface area (Å²) in [7, 11) is 2.12. The summed E-state index contributed by atoms with van der Waals surface area (Å²) < 4.78 is 5.26. The van der Waals surface area contributed by atoms with Crippen LogP contribution in [0.1, 0.15) is 6.42 Å². The number of nitrogens with one attached hydrogen (secondary N) is 2. The lowest BCUT2D eigenvalue weighted by molar-refractivity contribution is -0.126. The molecular weight excluding hydrogens is 206 g/mol. The second kappa shape index (κ2) is 5.61. The Bertz CT molecular complexity index is 241. The van der Waals surface area contributed by atoms with Gasteiger partial charge in [-0.25, -0.2) is 0 Å². The predicted molar refractivity (Wildman–Crippen MR) is 61.2 cm³/mol. The molecule has 2 aliphatic heterocycles. The van der Waals surface area contributed by atoms with Gasteiger partial charge in [0.15, 0.2) is 0 Å². The molecule has 2 atom stereocenters. The average molecular weight is 227 g/mol. The number of nitrogens with zero attached hydrogens (tertiary/aromatic N) is 1. The maximum Gasteiger partial charge on any atom is 0.239 e. The molecule has 0 radical (unpaired) electrons. The van der Waals surface area contributed by atoms with Crippen LogP contribution in [0.3, 0.4) is 0 Å². The first kappa shape index (κ1) is 11.8. The number of rotatable bonds is 3. The van der Waals surface area contributed by atoms with E-state index in [1.165, 1.54) is 6.42 Å². The van der Waals surface area contributed by atoms with Crippen molar-refractivity contribution < 1.29 is 9.53 Å². The Morgan fingerprint density at radius 1 is 1.62 bits per heavy atom. The zero-order valence-corrected chi connectivity index (χ0v) is 9.87. The van der Waals surface area contributed by atoms with Crippen LogP contribution < -0.4 is 10.6 Å². The van der Waals surface area contributed by atoms with Gasteiger partial charge in [-0.1, -0.05) is 0 Å². The van der Waals surface area contributed by atoms with Crippen LogP contribution in [0, 0.1) is 5.92 Å². The van der Waals surface area contributed by atoms with Gasteiger partial charge in [0.25, 0.3) is 0 Å². The normalized spacial score (nSPS) is 31.6. The van der Waals surface area contributed by atoms with Gasteiger partial charge < -0.3 is 20.3 Å². The largest absolute Gasteiger partial charge is 0.378 e. The van der Waals surface area contributed by atoms with Crippen LogP contribution in [0.15, 0.2) is 0 Å². The van der Waals surface area contributed by atoms with Crippen LogP contribution in [0.4, 0.5) is 0 Å². The number of carbonyl (C=O) groups is 1. The number of likely N-dealkylation sites (tertiary alicyclic amines) is 1. The number of morpholine rings is 1. The fourth-order valence-corrected chi connectivity index (χ4v) is 2.29. The van der Waals surface area contributed by atoms with Crippen LogP contribution >= 0.6 is 0 Å². The highest BCUT2D eigenvalue weighted by atomic mass is 16.5. The fraction of sp³-hybridized carbons (Fsp3) is 0.909. The van der Waals surface area contributed by atoms with Crippen molar-refractivity contribution >= 4 is 5.91 Å². The molecule has 2 saturated heterocycles. The van der Waals surface area contributed by atoms with Crippen molar-refractivity contribution in [3.05, 3.63) is 0 Å². The van der Waals surface area contributed by atoms with E-state index in [-0.39, 0.29) is 11.9 Å². The van der Waals surface area contributed by atoms with Crippen molar-refractivity contribution in [1.29, 1.82) is 0 Å². The van der Waals surface area contributed by atoms with Crippen molar-refractivity contribution in [1.82, 2.24) is 15.5 Å². The Hall–Kier alpha value is -0.650. The van der Waals surface area contributed by atoms with E-state index in [2.05, 4.69) is 22.6 Å². The number of hydrogen-bond donors (Lipinski definition) is 2. The lowest BCUT2D eigenvalue weighted by Crippen LogP contribution is -2.51. The quantitative estimate of drug-likeness (QED) is 0.652. The standard InChI is InChI=1S/C11H21N3O2/c1-14-4-2-9(7-14)6-13-11(15)10-8-16-5-3-12-10/h9-10,12H,2-8H2,1H3,(H,13,15). The van der Waals surface area contributed by atoms with E-state index in [0.29, 0.717) is 19.1 Å². The third kappa shape index (κ3) is 3.17. The first-order chi connectivity index (χ1) is 7.75. The molecule has 0 aromatic carbocycles. The lowest BCUT2D eigenvalue weighted by Gasteiger charge is -2.23. The molecule has 0 aliphatic carbocycles. The molecule has 2 rings (SSSR count). The maximum atomic E-state index is 11.8. The summed E-state index contributed by atoms with van der Waals surface area (Å²) in [5, 5.41) is 6.16. The molecule has 5 heteroatoms. The number of hydrogen-bond acceptors (Lipinski definition) is 4. The number of carbonyl (C=O) groups excluding carboxylic acids is 1. The molecule has 2 N–H and O–H groups in total. The second-order valence-corrected chi connectivity index (χ2v) is 4.74. The minimum Gasteiger partial charge on any atom is -0.378 e. The monoisotopic (exact) mass is 227 g/mol. The molecule has 2 unspecified atom stereocenters. The molecule has 0 aromatic heterocycles. The molecule has 2 heterocycles.